The standard InChI is InChI=1S/C24H40N2O4S2/c1-18(2)31(27,28)26-17-19(3)21-11-13-23(14-12-21)22-9-7-20(8-10-22)15-16-25-32(29,30)24(4,5)6/h7-10,13,18-19,21,25-26H,11-12,14-17H2,1-6H3. The van der Waals surface area contributed by atoms with E-state index in [1.165, 1.54) is 11.1 Å². The maximum absolute atomic E-state index is 12.1. The van der Waals surface area contributed by atoms with Gasteiger partial charge < -0.3 is 0 Å². The van der Waals surface area contributed by atoms with Gasteiger partial charge in [0.2, 0.25) is 20.0 Å². The van der Waals surface area contributed by atoms with Crippen LogP contribution >= 0.6 is 0 Å². The first kappa shape index (κ1) is 27.0. The molecule has 6 nitrogen and oxygen atoms in total. The van der Waals surface area contributed by atoms with Gasteiger partial charge in [0.05, 0.1) is 10.00 Å². The molecule has 2 rings (SSSR count). The quantitative estimate of drug-likeness (QED) is 0.523. The highest BCUT2D eigenvalue weighted by Crippen LogP contribution is 2.34. The first-order chi connectivity index (χ1) is 14.7. The normalized spacial score (nSPS) is 19.1. The van der Waals surface area contributed by atoms with Crippen molar-refractivity contribution < 1.29 is 16.8 Å². The van der Waals surface area contributed by atoms with Crippen molar-refractivity contribution in [3.63, 3.8) is 0 Å². The lowest BCUT2D eigenvalue weighted by Gasteiger charge is -2.28. The van der Waals surface area contributed by atoms with E-state index in [9.17, 15) is 16.8 Å². The second-order valence-electron chi connectivity index (χ2n) is 10.1. The van der Waals surface area contributed by atoms with Crippen LogP contribution in [-0.2, 0) is 26.5 Å². The molecule has 2 unspecified atom stereocenters. The van der Waals surface area contributed by atoms with Crippen LogP contribution in [0.15, 0.2) is 30.3 Å². The summed E-state index contributed by atoms with van der Waals surface area (Å²) in [4.78, 5) is 0. The molecule has 1 aliphatic rings. The molecule has 0 bridgehead atoms. The predicted molar refractivity (Wildman–Crippen MR) is 133 cm³/mol. The van der Waals surface area contributed by atoms with Gasteiger partial charge >= 0.3 is 0 Å². The zero-order valence-corrected chi connectivity index (χ0v) is 21.9. The largest absolute Gasteiger partial charge is 0.216 e. The van der Waals surface area contributed by atoms with Gasteiger partial charge in [-0.1, -0.05) is 37.3 Å². The zero-order chi connectivity index (χ0) is 24.2. The van der Waals surface area contributed by atoms with Crippen molar-refractivity contribution in [3.05, 3.63) is 41.5 Å². The molecule has 0 fully saturated rings. The molecule has 0 radical (unpaired) electrons. The van der Waals surface area contributed by atoms with E-state index in [4.69, 9.17) is 0 Å². The molecule has 0 heterocycles. The van der Waals surface area contributed by atoms with E-state index in [0.29, 0.717) is 31.3 Å². The molecular formula is C24H40N2O4S2. The van der Waals surface area contributed by atoms with Crippen LogP contribution in [0.25, 0.3) is 5.57 Å². The van der Waals surface area contributed by atoms with Gasteiger partial charge in [0.25, 0.3) is 0 Å². The van der Waals surface area contributed by atoms with Gasteiger partial charge in [-0.05, 0) is 88.8 Å². The van der Waals surface area contributed by atoms with Gasteiger partial charge in [-0.25, -0.2) is 26.3 Å². The van der Waals surface area contributed by atoms with Gasteiger partial charge in [0.15, 0.2) is 0 Å². The fourth-order valence-electron chi connectivity index (χ4n) is 3.65. The number of rotatable bonds is 10. The fraction of sp³-hybridized carbons (Fsp3) is 0.667. The summed E-state index contributed by atoms with van der Waals surface area (Å²) in [5.41, 5.74) is 3.64. The minimum atomic E-state index is -3.32. The van der Waals surface area contributed by atoms with Gasteiger partial charge in [0, 0.05) is 13.1 Å². The Balaban J connectivity index is 1.87. The van der Waals surface area contributed by atoms with Crippen LogP contribution in [0.2, 0.25) is 0 Å². The van der Waals surface area contributed by atoms with Crippen molar-refractivity contribution >= 4 is 25.6 Å². The van der Waals surface area contributed by atoms with Crippen LogP contribution in [0.1, 0.15) is 71.9 Å². The Morgan fingerprint density at radius 1 is 1.00 bits per heavy atom. The van der Waals surface area contributed by atoms with Gasteiger partial charge in [-0.2, -0.15) is 0 Å². The molecule has 2 atom stereocenters. The van der Waals surface area contributed by atoms with Crippen molar-refractivity contribution in [1.29, 1.82) is 0 Å². The van der Waals surface area contributed by atoms with Crippen LogP contribution in [-0.4, -0.2) is 39.9 Å². The average Bonchev–Trinajstić information content (AvgIpc) is 2.71. The van der Waals surface area contributed by atoms with E-state index in [1.54, 1.807) is 34.6 Å². The van der Waals surface area contributed by atoms with Gasteiger partial charge in [-0.15, -0.1) is 0 Å². The Morgan fingerprint density at radius 3 is 2.12 bits per heavy atom. The SMILES string of the molecule is CC(CNS(=O)(=O)C(C)C)C1CC=C(c2ccc(CCNS(=O)(=O)C(C)(C)C)cc2)CC1. The molecule has 2 N–H and O–H groups in total. The minimum Gasteiger partial charge on any atom is -0.215 e. The number of hydrogen-bond donors (Lipinski definition) is 2. The third-order valence-electron chi connectivity index (χ3n) is 6.32. The zero-order valence-electron chi connectivity index (χ0n) is 20.3. The predicted octanol–water partition coefficient (Wildman–Crippen LogP) is 4.09. The summed E-state index contributed by atoms with van der Waals surface area (Å²) in [6.07, 6.45) is 5.92. The fourth-order valence-corrected chi connectivity index (χ4v) is 5.28. The second-order valence-corrected chi connectivity index (χ2v) is 15.0. The van der Waals surface area contributed by atoms with Crippen LogP contribution in [0.5, 0.6) is 0 Å². The highest BCUT2D eigenvalue weighted by molar-refractivity contribution is 7.90. The summed E-state index contributed by atoms with van der Waals surface area (Å²) in [7, 11) is -6.53. The first-order valence-corrected chi connectivity index (χ1v) is 14.5. The van der Waals surface area contributed by atoms with Crippen molar-refractivity contribution in [2.24, 2.45) is 11.8 Å². The Morgan fingerprint density at radius 2 is 1.62 bits per heavy atom. The van der Waals surface area contributed by atoms with E-state index >= 15 is 0 Å². The summed E-state index contributed by atoms with van der Waals surface area (Å²) in [6.45, 7) is 11.5. The molecule has 0 aliphatic heterocycles. The molecular weight excluding hydrogens is 444 g/mol. The smallest absolute Gasteiger partial charge is 0.215 e. The van der Waals surface area contributed by atoms with Crippen molar-refractivity contribution in [2.75, 3.05) is 13.1 Å². The third kappa shape index (κ3) is 7.40. The molecule has 0 aromatic heterocycles. The summed E-state index contributed by atoms with van der Waals surface area (Å²) < 4.78 is 52.9. The lowest BCUT2D eigenvalue weighted by Crippen LogP contribution is -2.40. The second kappa shape index (κ2) is 10.8. The lowest BCUT2D eigenvalue weighted by atomic mass is 9.80. The van der Waals surface area contributed by atoms with E-state index < -0.39 is 30.0 Å². The Kier molecular flexibility index (Phi) is 9.13. The molecule has 1 aromatic carbocycles. The molecule has 0 saturated carbocycles. The summed E-state index contributed by atoms with van der Waals surface area (Å²) >= 11 is 0. The number of allylic oxidation sites excluding steroid dienone is 2. The molecule has 1 aliphatic carbocycles. The number of benzene rings is 1. The van der Waals surface area contributed by atoms with Crippen LogP contribution in [0.4, 0.5) is 0 Å². The highest BCUT2D eigenvalue weighted by Gasteiger charge is 2.28. The van der Waals surface area contributed by atoms with E-state index in [-0.39, 0.29) is 0 Å². The van der Waals surface area contributed by atoms with E-state index in [0.717, 1.165) is 24.8 Å². The number of nitrogens with one attached hydrogen (secondary N) is 2. The average molecular weight is 485 g/mol. The van der Waals surface area contributed by atoms with Crippen LogP contribution < -0.4 is 9.44 Å². The van der Waals surface area contributed by atoms with Crippen LogP contribution in [0, 0.1) is 11.8 Å². The highest BCUT2D eigenvalue weighted by atomic mass is 32.2. The van der Waals surface area contributed by atoms with Crippen molar-refractivity contribution in [1.82, 2.24) is 9.44 Å². The molecule has 8 heteroatoms. The molecule has 32 heavy (non-hydrogen) atoms. The topological polar surface area (TPSA) is 92.3 Å². The summed E-state index contributed by atoms with van der Waals surface area (Å²) in [5, 5.41) is -0.408. The van der Waals surface area contributed by atoms with Crippen molar-refractivity contribution in [2.45, 2.75) is 77.2 Å². The monoisotopic (exact) mass is 484 g/mol. The number of hydrogen-bond acceptors (Lipinski definition) is 4. The maximum Gasteiger partial charge on any atom is 0.216 e. The molecule has 0 saturated heterocycles. The van der Waals surface area contributed by atoms with Gasteiger partial charge in [-0.3, -0.25) is 0 Å². The number of sulfonamides is 2. The van der Waals surface area contributed by atoms with Crippen molar-refractivity contribution in [3.8, 4) is 0 Å². The maximum atomic E-state index is 12.1. The molecule has 0 amide bonds. The van der Waals surface area contributed by atoms with Gasteiger partial charge in [0.1, 0.15) is 0 Å². The summed E-state index contributed by atoms with van der Waals surface area (Å²) in [6, 6.07) is 8.35. The first-order valence-electron chi connectivity index (χ1n) is 11.5. The molecule has 182 valence electrons. The molecule has 1 aromatic rings. The minimum absolute atomic E-state index is 0.292. The van der Waals surface area contributed by atoms with E-state index in [2.05, 4.69) is 46.7 Å². The van der Waals surface area contributed by atoms with E-state index in [1.807, 2.05) is 0 Å². The van der Waals surface area contributed by atoms with Crippen LogP contribution in [0.3, 0.4) is 0 Å². The summed E-state index contributed by atoms with van der Waals surface area (Å²) in [5.74, 6) is 0.768. The third-order valence-corrected chi connectivity index (χ3v) is 10.3. The lowest BCUT2D eigenvalue weighted by molar-refractivity contribution is 0.334. The molecule has 0 spiro atoms. The Labute approximate surface area is 195 Å². The Bertz CT molecular complexity index is 989. The Hall–Kier alpha value is -1.22.